The highest BCUT2D eigenvalue weighted by Crippen LogP contribution is 2.52. The van der Waals surface area contributed by atoms with Gasteiger partial charge in [0.25, 0.3) is 0 Å². The van der Waals surface area contributed by atoms with Crippen LogP contribution in [0.4, 0.5) is 0 Å². The smallest absolute Gasteiger partial charge is 0.342 e. The molecule has 3 rings (SSSR count). The minimum atomic E-state index is -3.85. The number of carboxylic acid groups (broad SMARTS) is 1. The first kappa shape index (κ1) is 29.6. The van der Waals surface area contributed by atoms with E-state index in [-0.39, 0.29) is 19.8 Å². The molecule has 0 amide bonds. The molecule has 8 nitrogen and oxygen atoms in total. The van der Waals surface area contributed by atoms with Crippen molar-refractivity contribution in [2.75, 3.05) is 26.9 Å². The average Bonchev–Trinajstić information content (AvgIpc) is 2.86. The first-order valence-corrected chi connectivity index (χ1v) is 14.7. The van der Waals surface area contributed by atoms with Crippen molar-refractivity contribution in [2.45, 2.75) is 95.8 Å². The third-order valence-corrected chi connectivity index (χ3v) is 8.94. The number of aliphatic carboxylic acids is 1. The summed E-state index contributed by atoms with van der Waals surface area (Å²) < 4.78 is 32.9. The maximum atomic E-state index is 12.5. The number of methoxy groups -OCH3 is 1. The predicted molar refractivity (Wildman–Crippen MR) is 134 cm³/mol. The number of hydrogen-bond acceptors (Lipinski definition) is 7. The van der Waals surface area contributed by atoms with E-state index in [1.165, 1.54) is 71.3 Å². The molecule has 0 radical (unpaired) electrons. The predicted octanol–water partition coefficient (Wildman–Crippen LogP) is 3.67. The number of benzene rings is 1. The number of nitrogens with two attached hydrogens (primary N) is 1. The van der Waals surface area contributed by atoms with Crippen LogP contribution in [0, 0.1) is 0 Å². The third-order valence-electron chi connectivity index (χ3n) is 6.58. The van der Waals surface area contributed by atoms with Crippen molar-refractivity contribution in [1.82, 2.24) is 0 Å². The van der Waals surface area contributed by atoms with Crippen LogP contribution >= 0.6 is 7.60 Å². The van der Waals surface area contributed by atoms with E-state index < -0.39 is 19.2 Å². The monoisotopic (exact) mass is 513 g/mol. The van der Waals surface area contributed by atoms with Gasteiger partial charge in [-0.3, -0.25) is 4.57 Å². The van der Waals surface area contributed by atoms with Gasteiger partial charge in [-0.1, -0.05) is 12.8 Å². The zero-order valence-electron chi connectivity index (χ0n) is 21.6. The van der Waals surface area contributed by atoms with Crippen LogP contribution in [-0.2, 0) is 18.4 Å². The molecule has 2 N–H and O–H groups in total. The fourth-order valence-electron chi connectivity index (χ4n) is 4.75. The van der Waals surface area contributed by atoms with E-state index >= 15 is 0 Å². The molecule has 1 atom stereocenters. The molecular weight excluding hydrogens is 469 g/mol. The molecule has 0 bridgehead atoms. The average molecular weight is 514 g/mol. The third kappa shape index (κ3) is 10.5. The molecule has 9 heteroatoms. The largest absolute Gasteiger partial charge is 0.549 e. The second-order valence-corrected chi connectivity index (χ2v) is 11.4. The van der Waals surface area contributed by atoms with Gasteiger partial charge in [0.2, 0.25) is 0 Å². The summed E-state index contributed by atoms with van der Waals surface area (Å²) in [5, 5.41) is 14.0. The summed E-state index contributed by atoms with van der Waals surface area (Å²) in [5.41, 5.74) is -1.51. The van der Waals surface area contributed by atoms with Crippen LogP contribution < -0.4 is 19.9 Å². The van der Waals surface area contributed by atoms with Crippen molar-refractivity contribution in [3.8, 4) is 11.5 Å². The second-order valence-electron chi connectivity index (χ2n) is 9.19. The summed E-state index contributed by atoms with van der Waals surface area (Å²) in [7, 11) is -2.32. The van der Waals surface area contributed by atoms with E-state index in [1.807, 2.05) is 0 Å². The van der Waals surface area contributed by atoms with Crippen molar-refractivity contribution in [1.29, 1.82) is 0 Å². The molecule has 1 aromatic rings. The van der Waals surface area contributed by atoms with Crippen molar-refractivity contribution < 1.29 is 38.3 Å². The molecule has 2 fully saturated rings. The van der Waals surface area contributed by atoms with Crippen LogP contribution in [0.2, 0.25) is 0 Å². The maximum absolute atomic E-state index is 12.5. The maximum Gasteiger partial charge on any atom is 0.342 e. The number of ether oxygens (including phenoxy) is 2. The summed E-state index contributed by atoms with van der Waals surface area (Å²) in [6.45, 7) is 2.93. The lowest BCUT2D eigenvalue weighted by atomic mass is 9.91. The highest BCUT2D eigenvalue weighted by molar-refractivity contribution is 7.55. The van der Waals surface area contributed by atoms with Crippen LogP contribution in [-0.4, -0.2) is 50.6 Å². The van der Waals surface area contributed by atoms with Gasteiger partial charge in [0.1, 0.15) is 23.8 Å². The van der Waals surface area contributed by atoms with E-state index in [1.54, 1.807) is 38.1 Å². The zero-order valence-corrected chi connectivity index (χ0v) is 22.5. The van der Waals surface area contributed by atoms with Gasteiger partial charge in [-0.15, -0.1) is 0 Å². The topological polar surface area (TPSA) is 111 Å². The molecule has 35 heavy (non-hydrogen) atoms. The first-order valence-electron chi connectivity index (χ1n) is 13.1. The molecule has 200 valence electrons. The van der Waals surface area contributed by atoms with E-state index in [0.29, 0.717) is 11.5 Å². The van der Waals surface area contributed by atoms with Gasteiger partial charge in [-0.2, -0.15) is 0 Å². The number of carboxylic acids is 1. The molecule has 2 aliphatic carbocycles. The van der Waals surface area contributed by atoms with E-state index in [2.05, 4.69) is 5.32 Å². The Morgan fingerprint density at radius 3 is 1.77 bits per heavy atom. The Labute approximate surface area is 210 Å². The van der Waals surface area contributed by atoms with Crippen LogP contribution in [0.25, 0.3) is 0 Å². The summed E-state index contributed by atoms with van der Waals surface area (Å²) in [6.07, 6.45) is 15.0. The van der Waals surface area contributed by atoms with Crippen LogP contribution in [0.3, 0.4) is 0 Å². The lowest BCUT2D eigenvalue weighted by molar-refractivity contribution is -0.725. The van der Waals surface area contributed by atoms with Crippen molar-refractivity contribution >= 4 is 13.6 Å². The quantitative estimate of drug-likeness (QED) is 0.425. The van der Waals surface area contributed by atoms with Gasteiger partial charge < -0.3 is 33.7 Å². The Hall–Kier alpha value is -1.60. The number of carbonyl (C=O) groups excluding carboxylic acids is 1. The Bertz CT molecular complexity index is 735. The first-order chi connectivity index (χ1) is 16.9. The van der Waals surface area contributed by atoms with Gasteiger partial charge in [0, 0.05) is 0 Å². The SMILES string of the molecule is C1CCC([NH2+]C2CCCCC2)CC1.CCOP(=O)(OCC)C(COc1ccc(OC)cc1)C(=O)[O-]. The molecule has 2 aliphatic rings. The van der Waals surface area contributed by atoms with E-state index in [4.69, 9.17) is 18.5 Å². The minimum absolute atomic E-state index is 0.0591. The molecule has 0 aliphatic heterocycles. The molecule has 0 aromatic heterocycles. The highest BCUT2D eigenvalue weighted by atomic mass is 31.2. The number of hydrogen-bond donors (Lipinski definition) is 1. The number of quaternary nitrogens is 1. The molecular formula is C26H44NO7P. The molecule has 0 spiro atoms. The standard InChI is InChI=1S/C14H21O7P.C12H23N/c1-4-20-22(17,21-5-2)13(14(15)16)10-19-12-8-6-11(18-3)7-9-12;1-3-7-11(8-4-1)13-12-9-5-2-6-10-12/h6-9,13H,4-5,10H2,1-3H3,(H,15,16);11-13H,1-10H2. The zero-order chi connectivity index (χ0) is 25.5. The lowest BCUT2D eigenvalue weighted by Gasteiger charge is -2.27. The van der Waals surface area contributed by atoms with Gasteiger partial charge in [-0.25, -0.2) is 0 Å². The minimum Gasteiger partial charge on any atom is -0.549 e. The lowest BCUT2D eigenvalue weighted by Crippen LogP contribution is -2.95. The van der Waals surface area contributed by atoms with E-state index in [9.17, 15) is 14.5 Å². The van der Waals surface area contributed by atoms with Crippen LogP contribution in [0.5, 0.6) is 11.5 Å². The summed E-state index contributed by atoms with van der Waals surface area (Å²) >= 11 is 0. The Morgan fingerprint density at radius 2 is 1.37 bits per heavy atom. The molecule has 2 saturated carbocycles. The Kier molecular flexibility index (Phi) is 13.7. The summed E-state index contributed by atoms with van der Waals surface area (Å²) in [6, 6.07) is 8.53. The normalized spacial score (nSPS) is 18.3. The second kappa shape index (κ2) is 16.2. The molecule has 0 saturated heterocycles. The Balaban J connectivity index is 0.000000279. The van der Waals surface area contributed by atoms with Crippen LogP contribution in [0.15, 0.2) is 24.3 Å². The molecule has 1 aromatic carbocycles. The van der Waals surface area contributed by atoms with Gasteiger partial charge >= 0.3 is 7.60 Å². The van der Waals surface area contributed by atoms with Gasteiger partial charge in [0.05, 0.1) is 38.4 Å². The van der Waals surface area contributed by atoms with Crippen molar-refractivity contribution in [2.24, 2.45) is 0 Å². The van der Waals surface area contributed by atoms with Crippen molar-refractivity contribution in [3.05, 3.63) is 24.3 Å². The fraction of sp³-hybridized carbons (Fsp3) is 0.731. The summed E-state index contributed by atoms with van der Waals surface area (Å²) in [4.78, 5) is 11.3. The number of carbonyl (C=O) groups is 1. The number of rotatable bonds is 12. The van der Waals surface area contributed by atoms with Crippen molar-refractivity contribution in [3.63, 3.8) is 0 Å². The molecule has 0 heterocycles. The van der Waals surface area contributed by atoms with Gasteiger partial charge in [0.15, 0.2) is 0 Å². The molecule has 1 unspecified atom stereocenters. The Morgan fingerprint density at radius 1 is 0.914 bits per heavy atom. The fourth-order valence-corrected chi connectivity index (χ4v) is 6.42. The highest BCUT2D eigenvalue weighted by Gasteiger charge is 2.37. The van der Waals surface area contributed by atoms with Crippen LogP contribution in [0.1, 0.15) is 78.1 Å². The summed E-state index contributed by atoms with van der Waals surface area (Å²) in [5.74, 6) is -0.497. The van der Waals surface area contributed by atoms with Gasteiger partial charge in [-0.05, 0) is 89.5 Å². The van der Waals surface area contributed by atoms with E-state index in [0.717, 1.165) is 12.1 Å².